The molecule has 0 saturated carbocycles. The zero-order valence-corrected chi connectivity index (χ0v) is 17.0. The SMILES string of the molecule is C=C(/C=C\C=C/C)n1c(C)nnc1SSc1nnc(C)n1-c1ccccc1. The van der Waals surface area contributed by atoms with Crippen molar-refractivity contribution in [3.05, 3.63) is 72.9 Å². The first-order valence-corrected chi connectivity index (χ1v) is 10.5. The van der Waals surface area contributed by atoms with Gasteiger partial charge in [0.2, 0.25) is 10.3 Å². The van der Waals surface area contributed by atoms with Crippen molar-refractivity contribution in [2.24, 2.45) is 0 Å². The molecule has 0 unspecified atom stereocenters. The Morgan fingerprint density at radius 1 is 0.926 bits per heavy atom. The lowest BCUT2D eigenvalue weighted by atomic mass is 10.3. The van der Waals surface area contributed by atoms with Crippen LogP contribution < -0.4 is 0 Å². The summed E-state index contributed by atoms with van der Waals surface area (Å²) in [4.78, 5) is 0. The summed E-state index contributed by atoms with van der Waals surface area (Å²) in [7, 11) is 2.97. The Morgan fingerprint density at radius 2 is 1.59 bits per heavy atom. The summed E-state index contributed by atoms with van der Waals surface area (Å²) in [5, 5.41) is 18.5. The summed E-state index contributed by atoms with van der Waals surface area (Å²) < 4.78 is 3.94. The molecule has 0 aliphatic heterocycles. The molecule has 2 aromatic heterocycles. The molecule has 3 aromatic rings. The molecule has 27 heavy (non-hydrogen) atoms. The fourth-order valence-electron chi connectivity index (χ4n) is 2.43. The average Bonchev–Trinajstić information content (AvgIpc) is 3.23. The Morgan fingerprint density at radius 3 is 2.33 bits per heavy atom. The number of aryl methyl sites for hydroxylation is 2. The summed E-state index contributed by atoms with van der Waals surface area (Å²) in [6.45, 7) is 9.94. The van der Waals surface area contributed by atoms with E-state index in [9.17, 15) is 0 Å². The van der Waals surface area contributed by atoms with Crippen LogP contribution in [0.5, 0.6) is 0 Å². The predicted molar refractivity (Wildman–Crippen MR) is 112 cm³/mol. The van der Waals surface area contributed by atoms with Crippen molar-refractivity contribution in [2.75, 3.05) is 0 Å². The van der Waals surface area contributed by atoms with E-state index in [1.807, 2.05) is 84.5 Å². The maximum atomic E-state index is 4.30. The lowest BCUT2D eigenvalue weighted by molar-refractivity contribution is 0.872. The van der Waals surface area contributed by atoms with Gasteiger partial charge in [0.15, 0.2) is 0 Å². The number of rotatable bonds is 7. The highest BCUT2D eigenvalue weighted by Crippen LogP contribution is 2.37. The first-order chi connectivity index (χ1) is 13.1. The highest BCUT2D eigenvalue weighted by atomic mass is 33.1. The molecule has 3 rings (SSSR count). The molecule has 0 atom stereocenters. The largest absolute Gasteiger partial charge is 0.274 e. The molecule has 0 radical (unpaired) electrons. The van der Waals surface area contributed by atoms with Crippen molar-refractivity contribution in [2.45, 2.75) is 31.1 Å². The van der Waals surface area contributed by atoms with Gasteiger partial charge in [-0.1, -0.05) is 43.0 Å². The second-order valence-corrected chi connectivity index (χ2v) is 7.67. The zero-order valence-electron chi connectivity index (χ0n) is 15.4. The molecule has 2 heterocycles. The van der Waals surface area contributed by atoms with Crippen LogP contribution in [0.15, 0.2) is 71.5 Å². The minimum absolute atomic E-state index is 0.743. The summed E-state index contributed by atoms with van der Waals surface area (Å²) in [6, 6.07) is 10.1. The molecule has 6 nitrogen and oxygen atoms in total. The second kappa shape index (κ2) is 8.88. The molecule has 0 spiro atoms. The van der Waals surface area contributed by atoms with Crippen molar-refractivity contribution >= 4 is 27.3 Å². The molecule has 8 heteroatoms. The third-order valence-corrected chi connectivity index (χ3v) is 5.73. The number of allylic oxidation sites excluding steroid dienone is 5. The van der Waals surface area contributed by atoms with E-state index in [1.54, 1.807) is 0 Å². The topological polar surface area (TPSA) is 61.4 Å². The van der Waals surface area contributed by atoms with Gasteiger partial charge in [0.1, 0.15) is 11.6 Å². The van der Waals surface area contributed by atoms with Crippen LogP contribution in [-0.2, 0) is 0 Å². The third-order valence-electron chi connectivity index (χ3n) is 3.67. The molecular weight excluding hydrogens is 376 g/mol. The molecule has 1 aromatic carbocycles. The zero-order chi connectivity index (χ0) is 19.2. The minimum Gasteiger partial charge on any atom is -0.274 e. The van der Waals surface area contributed by atoms with Crippen molar-refractivity contribution in [1.82, 2.24) is 29.5 Å². The molecule has 0 amide bonds. The lowest BCUT2D eigenvalue weighted by Crippen LogP contribution is -1.99. The number of aromatic nitrogens is 6. The fraction of sp³-hybridized carbons (Fsp3) is 0.158. The minimum atomic E-state index is 0.743. The van der Waals surface area contributed by atoms with Gasteiger partial charge in [-0.05, 0) is 60.6 Å². The molecule has 0 bridgehead atoms. The van der Waals surface area contributed by atoms with Gasteiger partial charge in [-0.3, -0.25) is 9.13 Å². The Bertz CT molecular complexity index is 985. The van der Waals surface area contributed by atoms with Gasteiger partial charge in [0.05, 0.1) is 0 Å². The number of benzene rings is 1. The van der Waals surface area contributed by atoms with E-state index in [0.717, 1.165) is 33.3 Å². The van der Waals surface area contributed by atoms with Gasteiger partial charge >= 0.3 is 0 Å². The van der Waals surface area contributed by atoms with Crippen molar-refractivity contribution < 1.29 is 0 Å². The van der Waals surface area contributed by atoms with Gasteiger partial charge in [-0.15, -0.1) is 20.4 Å². The van der Waals surface area contributed by atoms with E-state index in [4.69, 9.17) is 0 Å². The standard InChI is InChI=1S/C19H20N6S2/c1-5-6-8-11-14(2)24-15(3)20-22-18(24)26-27-19-23-21-16(4)25(19)17-12-9-7-10-13-17/h5-13H,2H2,1,3-4H3/b6-5-,11-8-. The van der Waals surface area contributed by atoms with Crippen LogP contribution in [0.25, 0.3) is 11.4 Å². The molecule has 0 aliphatic carbocycles. The summed E-state index contributed by atoms with van der Waals surface area (Å²) in [5.74, 6) is 1.62. The Balaban J connectivity index is 1.82. The van der Waals surface area contributed by atoms with Crippen molar-refractivity contribution in [1.29, 1.82) is 0 Å². The van der Waals surface area contributed by atoms with Crippen LogP contribution in [0.1, 0.15) is 18.6 Å². The molecule has 138 valence electrons. The van der Waals surface area contributed by atoms with E-state index >= 15 is 0 Å². The highest BCUT2D eigenvalue weighted by molar-refractivity contribution is 8.76. The first kappa shape index (κ1) is 19.2. The quantitative estimate of drug-likeness (QED) is 0.419. The Kier molecular flexibility index (Phi) is 6.31. The van der Waals surface area contributed by atoms with Crippen LogP contribution >= 0.6 is 21.6 Å². The normalized spacial score (nSPS) is 11.7. The van der Waals surface area contributed by atoms with E-state index in [0.29, 0.717) is 0 Å². The van der Waals surface area contributed by atoms with E-state index < -0.39 is 0 Å². The van der Waals surface area contributed by atoms with Crippen molar-refractivity contribution in [3.63, 3.8) is 0 Å². The monoisotopic (exact) mass is 396 g/mol. The molecule has 0 saturated heterocycles. The number of para-hydroxylation sites is 1. The van der Waals surface area contributed by atoms with Crippen LogP contribution in [0.2, 0.25) is 0 Å². The smallest absolute Gasteiger partial charge is 0.206 e. The maximum Gasteiger partial charge on any atom is 0.206 e. The summed E-state index contributed by atoms with van der Waals surface area (Å²) >= 11 is 0. The van der Waals surface area contributed by atoms with Crippen LogP contribution in [-0.4, -0.2) is 29.5 Å². The summed E-state index contributed by atoms with van der Waals surface area (Å²) in [5.41, 5.74) is 1.83. The van der Waals surface area contributed by atoms with E-state index in [-0.39, 0.29) is 0 Å². The number of hydrogen-bond acceptors (Lipinski definition) is 6. The number of hydrogen-bond donors (Lipinski definition) is 0. The fourth-order valence-corrected chi connectivity index (χ4v) is 4.45. The lowest BCUT2D eigenvalue weighted by Gasteiger charge is -2.09. The molecule has 0 N–H and O–H groups in total. The Hall–Kier alpha value is -2.58. The second-order valence-electron chi connectivity index (χ2n) is 5.61. The van der Waals surface area contributed by atoms with Gasteiger partial charge in [-0.25, -0.2) is 0 Å². The van der Waals surface area contributed by atoms with Crippen LogP contribution in [0, 0.1) is 13.8 Å². The summed E-state index contributed by atoms with van der Waals surface area (Å²) in [6.07, 6.45) is 7.80. The molecular formula is C19H20N6S2. The number of nitrogens with zero attached hydrogens (tertiary/aromatic N) is 6. The third kappa shape index (κ3) is 4.40. The van der Waals surface area contributed by atoms with Crippen LogP contribution in [0.4, 0.5) is 0 Å². The Labute approximate surface area is 166 Å². The average molecular weight is 397 g/mol. The first-order valence-electron chi connectivity index (χ1n) is 8.34. The van der Waals surface area contributed by atoms with Gasteiger partial charge < -0.3 is 0 Å². The van der Waals surface area contributed by atoms with Gasteiger partial charge in [0.25, 0.3) is 0 Å². The van der Waals surface area contributed by atoms with Gasteiger partial charge in [0, 0.05) is 11.4 Å². The predicted octanol–water partition coefficient (Wildman–Crippen LogP) is 4.88. The highest BCUT2D eigenvalue weighted by Gasteiger charge is 2.16. The molecule has 0 fully saturated rings. The van der Waals surface area contributed by atoms with Crippen molar-refractivity contribution in [3.8, 4) is 5.69 Å². The van der Waals surface area contributed by atoms with E-state index in [2.05, 4.69) is 27.0 Å². The van der Waals surface area contributed by atoms with Crippen LogP contribution in [0.3, 0.4) is 0 Å². The van der Waals surface area contributed by atoms with Gasteiger partial charge in [-0.2, -0.15) is 0 Å². The maximum absolute atomic E-state index is 4.30. The molecule has 0 aliphatic rings. The van der Waals surface area contributed by atoms with E-state index in [1.165, 1.54) is 21.6 Å².